The quantitative estimate of drug-likeness (QED) is 0.674. The third-order valence-corrected chi connectivity index (χ3v) is 4.30. The monoisotopic (exact) mass is 343 g/mol. The van der Waals surface area contributed by atoms with Gasteiger partial charge in [0.05, 0.1) is 26.5 Å². The van der Waals surface area contributed by atoms with Crippen LogP contribution in [0.25, 0.3) is 0 Å². The second kappa shape index (κ2) is 8.02. The van der Waals surface area contributed by atoms with Gasteiger partial charge >= 0.3 is 0 Å². The molecular weight excluding hydrogens is 318 g/mol. The van der Waals surface area contributed by atoms with Crippen molar-refractivity contribution in [2.24, 2.45) is 12.0 Å². The molecule has 1 N–H and O–H groups in total. The summed E-state index contributed by atoms with van der Waals surface area (Å²) in [7, 11) is 5.41. The minimum absolute atomic E-state index is 0.00672. The standard InChI is InChI=1S/C18H25N5O2/c1-19-18(20-10-14-6-4-5-7-16(14)24-3)23-8-9-25-17(13-23)15-11-21-22(2)12-15/h4-7,11-12,17H,8-10,13H2,1-3H3,(H,19,20). The van der Waals surface area contributed by atoms with Crippen LogP contribution in [0, 0.1) is 0 Å². The zero-order valence-corrected chi connectivity index (χ0v) is 15.0. The van der Waals surface area contributed by atoms with Crippen LogP contribution in [-0.2, 0) is 18.3 Å². The summed E-state index contributed by atoms with van der Waals surface area (Å²) in [5, 5.41) is 7.66. The number of aryl methyl sites for hydroxylation is 1. The molecule has 1 atom stereocenters. The third kappa shape index (κ3) is 4.11. The molecule has 2 heterocycles. The van der Waals surface area contributed by atoms with Gasteiger partial charge in [0.25, 0.3) is 0 Å². The molecule has 134 valence electrons. The van der Waals surface area contributed by atoms with Crippen molar-refractivity contribution in [3.05, 3.63) is 47.8 Å². The molecule has 1 aromatic carbocycles. The largest absolute Gasteiger partial charge is 0.496 e. The van der Waals surface area contributed by atoms with Crippen LogP contribution in [0.5, 0.6) is 5.75 Å². The molecule has 2 aromatic rings. The first-order valence-electron chi connectivity index (χ1n) is 8.39. The molecule has 0 spiro atoms. The number of hydrogen-bond donors (Lipinski definition) is 1. The third-order valence-electron chi connectivity index (χ3n) is 4.30. The summed E-state index contributed by atoms with van der Waals surface area (Å²) in [6.45, 7) is 2.88. The number of morpholine rings is 1. The van der Waals surface area contributed by atoms with E-state index in [1.54, 1.807) is 18.8 Å². The van der Waals surface area contributed by atoms with E-state index in [-0.39, 0.29) is 6.10 Å². The number of aliphatic imine (C=N–C) groups is 1. The van der Waals surface area contributed by atoms with E-state index < -0.39 is 0 Å². The highest BCUT2D eigenvalue weighted by molar-refractivity contribution is 5.80. The van der Waals surface area contributed by atoms with Gasteiger partial charge in [-0.2, -0.15) is 5.10 Å². The molecule has 3 rings (SSSR count). The summed E-state index contributed by atoms with van der Waals surface area (Å²) in [6, 6.07) is 8.00. The zero-order valence-electron chi connectivity index (χ0n) is 15.0. The Labute approximate surface area is 148 Å². The normalized spacial score (nSPS) is 18.3. The van der Waals surface area contributed by atoms with Gasteiger partial charge in [0.15, 0.2) is 5.96 Å². The van der Waals surface area contributed by atoms with Gasteiger partial charge in [-0.1, -0.05) is 18.2 Å². The van der Waals surface area contributed by atoms with E-state index in [2.05, 4.69) is 26.4 Å². The summed E-state index contributed by atoms with van der Waals surface area (Å²) in [5.74, 6) is 1.74. The number of nitrogens with one attached hydrogen (secondary N) is 1. The Morgan fingerprint density at radius 2 is 2.28 bits per heavy atom. The Morgan fingerprint density at radius 3 is 3.00 bits per heavy atom. The second-order valence-electron chi connectivity index (χ2n) is 5.97. The Hall–Kier alpha value is -2.54. The van der Waals surface area contributed by atoms with Crippen LogP contribution < -0.4 is 10.1 Å². The predicted molar refractivity (Wildman–Crippen MR) is 96.7 cm³/mol. The van der Waals surface area contributed by atoms with Crippen molar-refractivity contribution >= 4 is 5.96 Å². The van der Waals surface area contributed by atoms with Gasteiger partial charge in [0.2, 0.25) is 0 Å². The van der Waals surface area contributed by atoms with Crippen molar-refractivity contribution < 1.29 is 9.47 Å². The highest BCUT2D eigenvalue weighted by atomic mass is 16.5. The number of para-hydroxylation sites is 1. The fraction of sp³-hybridized carbons (Fsp3) is 0.444. The molecule has 1 saturated heterocycles. The number of benzene rings is 1. The summed E-state index contributed by atoms with van der Waals surface area (Å²) in [4.78, 5) is 6.65. The minimum atomic E-state index is 0.00672. The number of nitrogens with zero attached hydrogens (tertiary/aromatic N) is 4. The van der Waals surface area contributed by atoms with Gasteiger partial charge in [-0.05, 0) is 6.07 Å². The average Bonchev–Trinajstić information content (AvgIpc) is 3.09. The first-order valence-corrected chi connectivity index (χ1v) is 8.39. The van der Waals surface area contributed by atoms with Crippen molar-refractivity contribution in [2.45, 2.75) is 12.6 Å². The summed E-state index contributed by atoms with van der Waals surface area (Å²) in [6.07, 6.45) is 3.87. The Balaban J connectivity index is 1.64. The van der Waals surface area contributed by atoms with Crippen molar-refractivity contribution in [1.29, 1.82) is 0 Å². The van der Waals surface area contributed by atoms with Gasteiger partial charge in [-0.25, -0.2) is 0 Å². The van der Waals surface area contributed by atoms with Crippen molar-refractivity contribution in [1.82, 2.24) is 20.0 Å². The first-order chi connectivity index (χ1) is 12.2. The van der Waals surface area contributed by atoms with E-state index in [9.17, 15) is 0 Å². The van der Waals surface area contributed by atoms with Crippen LogP contribution in [0.2, 0.25) is 0 Å². The number of ether oxygens (including phenoxy) is 2. The Bertz CT molecular complexity index is 728. The first kappa shape index (κ1) is 17.3. The van der Waals surface area contributed by atoms with Crippen LogP contribution in [0.4, 0.5) is 0 Å². The lowest BCUT2D eigenvalue weighted by atomic mass is 10.1. The van der Waals surface area contributed by atoms with E-state index in [1.165, 1.54) is 0 Å². The highest BCUT2D eigenvalue weighted by Crippen LogP contribution is 2.22. The Morgan fingerprint density at radius 1 is 1.44 bits per heavy atom. The second-order valence-corrected chi connectivity index (χ2v) is 5.97. The molecule has 1 aromatic heterocycles. The van der Waals surface area contributed by atoms with Crippen LogP contribution >= 0.6 is 0 Å². The number of rotatable bonds is 4. The maximum absolute atomic E-state index is 5.90. The number of guanidine groups is 1. The van der Waals surface area contributed by atoms with Gasteiger partial charge in [-0.15, -0.1) is 0 Å². The van der Waals surface area contributed by atoms with Crippen molar-refractivity contribution in [3.8, 4) is 5.75 Å². The van der Waals surface area contributed by atoms with E-state index >= 15 is 0 Å². The molecule has 25 heavy (non-hydrogen) atoms. The lowest BCUT2D eigenvalue weighted by Gasteiger charge is -2.34. The fourth-order valence-corrected chi connectivity index (χ4v) is 3.01. The molecular formula is C18H25N5O2. The smallest absolute Gasteiger partial charge is 0.194 e. The molecule has 1 unspecified atom stereocenters. The lowest BCUT2D eigenvalue weighted by molar-refractivity contribution is -0.00805. The van der Waals surface area contributed by atoms with Crippen molar-refractivity contribution in [3.63, 3.8) is 0 Å². The number of hydrogen-bond acceptors (Lipinski definition) is 4. The van der Waals surface area contributed by atoms with Gasteiger partial charge in [-0.3, -0.25) is 9.67 Å². The van der Waals surface area contributed by atoms with Crippen molar-refractivity contribution in [2.75, 3.05) is 33.9 Å². The maximum atomic E-state index is 5.90. The maximum Gasteiger partial charge on any atom is 0.194 e. The fourth-order valence-electron chi connectivity index (χ4n) is 3.01. The SMILES string of the molecule is CN=C(NCc1ccccc1OC)N1CCOC(c2cnn(C)c2)C1. The minimum Gasteiger partial charge on any atom is -0.496 e. The molecule has 0 radical (unpaired) electrons. The van der Waals surface area contributed by atoms with E-state index in [0.717, 1.165) is 35.9 Å². The number of methoxy groups -OCH3 is 1. The van der Waals surface area contributed by atoms with E-state index in [1.807, 2.05) is 37.6 Å². The van der Waals surface area contributed by atoms with Gasteiger partial charge in [0, 0.05) is 44.5 Å². The van der Waals surface area contributed by atoms with E-state index in [4.69, 9.17) is 9.47 Å². The van der Waals surface area contributed by atoms with Crippen LogP contribution in [0.3, 0.4) is 0 Å². The average molecular weight is 343 g/mol. The summed E-state index contributed by atoms with van der Waals surface area (Å²) >= 11 is 0. The van der Waals surface area contributed by atoms with E-state index in [0.29, 0.717) is 13.2 Å². The van der Waals surface area contributed by atoms with Crippen LogP contribution in [-0.4, -0.2) is 54.5 Å². The lowest BCUT2D eigenvalue weighted by Crippen LogP contribution is -2.47. The zero-order chi connectivity index (χ0) is 17.6. The number of aromatic nitrogens is 2. The molecule has 7 heteroatoms. The molecule has 0 amide bonds. The molecule has 0 aliphatic carbocycles. The summed E-state index contributed by atoms with van der Waals surface area (Å²) < 4.78 is 13.1. The molecule has 1 fully saturated rings. The molecule has 7 nitrogen and oxygen atoms in total. The summed E-state index contributed by atoms with van der Waals surface area (Å²) in [5.41, 5.74) is 2.19. The predicted octanol–water partition coefficient (Wildman–Crippen LogP) is 1.58. The molecule has 0 saturated carbocycles. The van der Waals surface area contributed by atoms with Crippen LogP contribution in [0.15, 0.2) is 41.7 Å². The molecule has 0 bridgehead atoms. The van der Waals surface area contributed by atoms with Crippen LogP contribution in [0.1, 0.15) is 17.2 Å². The topological polar surface area (TPSA) is 63.9 Å². The van der Waals surface area contributed by atoms with Gasteiger partial charge < -0.3 is 19.7 Å². The Kier molecular flexibility index (Phi) is 5.55. The molecule has 1 aliphatic heterocycles. The highest BCUT2D eigenvalue weighted by Gasteiger charge is 2.25. The van der Waals surface area contributed by atoms with Gasteiger partial charge in [0.1, 0.15) is 11.9 Å². The molecule has 1 aliphatic rings.